The van der Waals surface area contributed by atoms with Gasteiger partial charge in [-0.25, -0.2) is 0 Å². The van der Waals surface area contributed by atoms with Gasteiger partial charge in [0, 0.05) is 18.3 Å². The quantitative estimate of drug-likeness (QED) is 0.331. The van der Waals surface area contributed by atoms with Gasteiger partial charge in [-0.05, 0) is 39.9 Å². The molecular formula is C33H25ClN2O3. The highest BCUT2D eigenvalue weighted by Gasteiger charge is 2.63. The molecule has 6 heteroatoms. The number of nitrogens with one attached hydrogen (secondary N) is 1. The molecule has 1 fully saturated rings. The SMILES string of the molecule is O=C(Nc1ccccc1Cl)[C@@H](Cc1ccccc1)N1C(=O)[C@@H]2C3c4ccccc4C(c4ccccc43)[C@@H]2C1=O. The molecule has 3 amide bonds. The minimum atomic E-state index is -1.01. The minimum absolute atomic E-state index is 0.212. The van der Waals surface area contributed by atoms with Crippen molar-refractivity contribution >= 4 is 35.0 Å². The Morgan fingerprint density at radius 1 is 0.692 bits per heavy atom. The molecule has 192 valence electrons. The number of rotatable bonds is 5. The fraction of sp³-hybridized carbons (Fsp3) is 0.182. The van der Waals surface area contributed by atoms with Gasteiger partial charge in [-0.3, -0.25) is 19.3 Å². The van der Waals surface area contributed by atoms with E-state index in [-0.39, 0.29) is 30.1 Å². The standard InChI is InChI=1S/C33H25ClN2O3/c34-24-16-8-9-17-25(24)35-31(37)26(18-19-10-2-1-3-11-19)36-32(38)29-27-20-12-4-5-13-21(20)28(30(29)33(36)39)23-15-7-6-14-22(23)27/h1-17,26-30H,18H2,(H,35,37)/t26-,27?,28?,29-,30+/m1/s1. The summed E-state index contributed by atoms with van der Waals surface area (Å²) in [5, 5.41) is 3.28. The van der Waals surface area contributed by atoms with Crippen LogP contribution in [0.5, 0.6) is 0 Å². The van der Waals surface area contributed by atoms with E-state index in [1.54, 1.807) is 24.3 Å². The van der Waals surface area contributed by atoms with Gasteiger partial charge in [0.2, 0.25) is 17.7 Å². The number of imide groups is 1. The maximum Gasteiger partial charge on any atom is 0.248 e. The maximum absolute atomic E-state index is 14.3. The average Bonchev–Trinajstić information content (AvgIpc) is 3.23. The largest absolute Gasteiger partial charge is 0.323 e. The molecule has 4 aromatic carbocycles. The summed E-state index contributed by atoms with van der Waals surface area (Å²) in [6.45, 7) is 0. The van der Waals surface area contributed by atoms with Crippen molar-refractivity contribution in [3.05, 3.63) is 136 Å². The van der Waals surface area contributed by atoms with Crippen LogP contribution in [-0.4, -0.2) is 28.7 Å². The Labute approximate surface area is 231 Å². The molecule has 39 heavy (non-hydrogen) atoms. The van der Waals surface area contributed by atoms with Gasteiger partial charge in [0.05, 0.1) is 22.5 Å². The molecule has 4 aromatic rings. The third-order valence-electron chi connectivity index (χ3n) is 8.50. The molecule has 1 aliphatic heterocycles. The summed E-state index contributed by atoms with van der Waals surface area (Å²) in [5.74, 6) is -2.53. The van der Waals surface area contributed by atoms with Crippen LogP contribution in [0.3, 0.4) is 0 Å². The van der Waals surface area contributed by atoms with E-state index < -0.39 is 23.8 Å². The van der Waals surface area contributed by atoms with Crippen molar-refractivity contribution in [2.45, 2.75) is 24.3 Å². The Bertz CT molecular complexity index is 1520. The molecule has 2 bridgehead atoms. The number of likely N-dealkylation sites (tertiary alicyclic amines) is 1. The van der Waals surface area contributed by atoms with E-state index in [0.717, 1.165) is 27.8 Å². The van der Waals surface area contributed by atoms with Crippen LogP contribution in [-0.2, 0) is 20.8 Å². The van der Waals surface area contributed by atoms with Gasteiger partial charge in [-0.2, -0.15) is 0 Å². The smallest absolute Gasteiger partial charge is 0.248 e. The predicted molar refractivity (Wildman–Crippen MR) is 149 cm³/mol. The van der Waals surface area contributed by atoms with Gasteiger partial charge in [-0.15, -0.1) is 0 Å². The molecule has 1 N–H and O–H groups in total. The lowest BCUT2D eigenvalue weighted by Gasteiger charge is -2.45. The lowest BCUT2D eigenvalue weighted by molar-refractivity contribution is -0.146. The number of nitrogens with zero attached hydrogens (tertiary/aromatic N) is 1. The lowest BCUT2D eigenvalue weighted by Crippen LogP contribution is -2.49. The van der Waals surface area contributed by atoms with Crippen molar-refractivity contribution < 1.29 is 14.4 Å². The summed E-state index contributed by atoms with van der Waals surface area (Å²) < 4.78 is 0. The third kappa shape index (κ3) is 3.64. The number of hydrogen-bond donors (Lipinski definition) is 1. The van der Waals surface area contributed by atoms with Gasteiger partial charge < -0.3 is 5.32 Å². The normalized spacial score (nSPS) is 23.2. The van der Waals surface area contributed by atoms with Crippen molar-refractivity contribution in [2.24, 2.45) is 11.8 Å². The van der Waals surface area contributed by atoms with Crippen molar-refractivity contribution in [2.75, 3.05) is 5.32 Å². The second-order valence-corrected chi connectivity index (χ2v) is 10.9. The second kappa shape index (κ2) is 9.21. The number of amides is 3. The van der Waals surface area contributed by atoms with Crippen LogP contribution in [0, 0.1) is 11.8 Å². The van der Waals surface area contributed by atoms with Crippen molar-refractivity contribution in [1.29, 1.82) is 0 Å². The molecule has 1 heterocycles. The Morgan fingerprint density at radius 3 is 1.67 bits per heavy atom. The Kier molecular flexibility index (Phi) is 5.64. The number of carbonyl (C=O) groups is 3. The summed E-state index contributed by atoms with van der Waals surface area (Å²) >= 11 is 6.34. The number of carbonyl (C=O) groups excluding carboxylic acids is 3. The Morgan fingerprint density at radius 2 is 1.15 bits per heavy atom. The van der Waals surface area contributed by atoms with Gasteiger partial charge in [0.15, 0.2) is 0 Å². The summed E-state index contributed by atoms with van der Waals surface area (Å²) in [7, 11) is 0. The molecule has 1 saturated heterocycles. The first-order chi connectivity index (χ1) is 19.0. The average molecular weight is 533 g/mol. The fourth-order valence-electron chi connectivity index (χ4n) is 6.92. The van der Waals surface area contributed by atoms with Crippen molar-refractivity contribution in [3.8, 4) is 0 Å². The zero-order valence-corrected chi connectivity index (χ0v) is 21.7. The number of hydrogen-bond acceptors (Lipinski definition) is 3. The van der Waals surface area contributed by atoms with Crippen molar-refractivity contribution in [3.63, 3.8) is 0 Å². The molecule has 0 aromatic heterocycles. The van der Waals surface area contributed by atoms with E-state index >= 15 is 0 Å². The number of anilines is 1. The predicted octanol–water partition coefficient (Wildman–Crippen LogP) is 5.78. The van der Waals surface area contributed by atoms with E-state index in [1.165, 1.54) is 4.90 Å². The lowest BCUT2D eigenvalue weighted by atomic mass is 9.55. The van der Waals surface area contributed by atoms with E-state index in [4.69, 9.17) is 11.6 Å². The van der Waals surface area contributed by atoms with Crippen LogP contribution < -0.4 is 5.32 Å². The van der Waals surface area contributed by atoms with Crippen LogP contribution in [0.4, 0.5) is 5.69 Å². The zero-order chi connectivity index (χ0) is 26.7. The van der Waals surface area contributed by atoms with Crippen molar-refractivity contribution in [1.82, 2.24) is 4.90 Å². The van der Waals surface area contributed by atoms with E-state index in [0.29, 0.717) is 10.7 Å². The van der Waals surface area contributed by atoms with Crippen LogP contribution in [0.2, 0.25) is 5.02 Å². The molecular weight excluding hydrogens is 508 g/mol. The van der Waals surface area contributed by atoms with E-state index in [1.807, 2.05) is 54.6 Å². The molecule has 3 atom stereocenters. The van der Waals surface area contributed by atoms with Gasteiger partial charge >= 0.3 is 0 Å². The van der Waals surface area contributed by atoms with Crippen LogP contribution in [0.25, 0.3) is 0 Å². The first-order valence-corrected chi connectivity index (χ1v) is 13.6. The second-order valence-electron chi connectivity index (χ2n) is 10.5. The molecule has 0 unspecified atom stereocenters. The Balaban J connectivity index is 1.32. The van der Waals surface area contributed by atoms with E-state index in [2.05, 4.69) is 29.6 Å². The molecule has 0 radical (unpaired) electrons. The Hall–Kier alpha value is -4.22. The number of para-hydroxylation sites is 1. The van der Waals surface area contributed by atoms with Gasteiger partial charge in [0.1, 0.15) is 6.04 Å². The van der Waals surface area contributed by atoms with Crippen LogP contribution in [0.15, 0.2) is 103 Å². The highest BCUT2D eigenvalue weighted by molar-refractivity contribution is 6.33. The highest BCUT2D eigenvalue weighted by Crippen LogP contribution is 2.61. The summed E-state index contributed by atoms with van der Waals surface area (Å²) in [4.78, 5) is 43.7. The summed E-state index contributed by atoms with van der Waals surface area (Å²) in [6.07, 6.45) is 0.212. The molecule has 0 spiro atoms. The monoisotopic (exact) mass is 532 g/mol. The first-order valence-electron chi connectivity index (χ1n) is 13.2. The zero-order valence-electron chi connectivity index (χ0n) is 21.0. The molecule has 5 nitrogen and oxygen atoms in total. The molecule has 0 saturated carbocycles. The van der Waals surface area contributed by atoms with Crippen LogP contribution >= 0.6 is 11.6 Å². The minimum Gasteiger partial charge on any atom is -0.323 e. The van der Waals surface area contributed by atoms with E-state index in [9.17, 15) is 14.4 Å². The third-order valence-corrected chi connectivity index (χ3v) is 8.83. The summed E-state index contributed by atoms with van der Waals surface area (Å²) in [5.41, 5.74) is 5.72. The maximum atomic E-state index is 14.3. The topological polar surface area (TPSA) is 66.5 Å². The molecule has 4 aliphatic rings. The highest BCUT2D eigenvalue weighted by atomic mass is 35.5. The van der Waals surface area contributed by atoms with Crippen LogP contribution in [0.1, 0.15) is 39.7 Å². The number of halogens is 1. The summed E-state index contributed by atoms with van der Waals surface area (Å²) in [6, 6.07) is 31.7. The van der Waals surface area contributed by atoms with Gasteiger partial charge in [0.25, 0.3) is 0 Å². The molecule has 8 rings (SSSR count). The van der Waals surface area contributed by atoms with Gasteiger partial charge in [-0.1, -0.05) is 103 Å². The fourth-order valence-corrected chi connectivity index (χ4v) is 7.11. The molecule has 3 aliphatic carbocycles. The first kappa shape index (κ1) is 23.9. The number of benzene rings is 4.